The average Bonchev–Trinajstić information content (AvgIpc) is 2.67. The maximum Gasteiger partial charge on any atom is 0.413 e. The third-order valence-electron chi connectivity index (χ3n) is 4.40. The van der Waals surface area contributed by atoms with Gasteiger partial charge in [0.25, 0.3) is 11.8 Å². The topological polar surface area (TPSA) is 98.6 Å². The van der Waals surface area contributed by atoms with Gasteiger partial charge in [0.05, 0.1) is 33.3 Å². The molecule has 2 aliphatic rings. The highest BCUT2D eigenvalue weighted by Crippen LogP contribution is 2.31. The Labute approximate surface area is 150 Å². The number of imide groups is 1. The summed E-state index contributed by atoms with van der Waals surface area (Å²) in [5, 5.41) is 2.13. The van der Waals surface area contributed by atoms with Crippen LogP contribution in [0.3, 0.4) is 0 Å². The minimum Gasteiger partial charge on any atom is -0.485 e. The Kier molecular flexibility index (Phi) is 5.57. The number of amides is 3. The highest BCUT2D eigenvalue weighted by Gasteiger charge is 2.34. The average molecular weight is 364 g/mol. The zero-order chi connectivity index (χ0) is 18.5. The maximum absolute atomic E-state index is 12.6. The molecule has 1 fully saturated rings. The van der Waals surface area contributed by atoms with Gasteiger partial charge in [-0.15, -0.1) is 0 Å². The quantitative estimate of drug-likeness (QED) is 0.673. The van der Waals surface area contributed by atoms with E-state index >= 15 is 0 Å². The van der Waals surface area contributed by atoms with Crippen molar-refractivity contribution in [3.05, 3.63) is 24.3 Å². The summed E-state index contributed by atoms with van der Waals surface area (Å²) < 4.78 is 15.7. The van der Waals surface area contributed by atoms with Crippen molar-refractivity contribution in [3.63, 3.8) is 0 Å². The van der Waals surface area contributed by atoms with E-state index in [1.54, 1.807) is 17.0 Å². The van der Waals surface area contributed by atoms with Crippen molar-refractivity contribution >= 4 is 17.9 Å². The molecule has 9 nitrogen and oxygen atoms in total. The molecule has 3 rings (SSSR count). The van der Waals surface area contributed by atoms with Crippen molar-refractivity contribution in [1.82, 2.24) is 10.2 Å². The molecule has 1 aromatic carbocycles. The highest BCUT2D eigenvalue weighted by atomic mass is 16.6. The number of alkyl carbamates (subject to hydrolysis) is 1. The van der Waals surface area contributed by atoms with E-state index in [0.29, 0.717) is 37.7 Å². The molecular weight excluding hydrogens is 342 g/mol. The van der Waals surface area contributed by atoms with Crippen LogP contribution in [0.2, 0.25) is 0 Å². The molecule has 0 bridgehead atoms. The first kappa shape index (κ1) is 18.0. The van der Waals surface area contributed by atoms with Gasteiger partial charge in [0.2, 0.25) is 6.10 Å². The number of nitrogens with one attached hydrogen (secondary N) is 2. The summed E-state index contributed by atoms with van der Waals surface area (Å²) in [6, 6.07) is 7.26. The minimum absolute atomic E-state index is 0.113. The molecule has 1 atom stereocenters. The summed E-state index contributed by atoms with van der Waals surface area (Å²) in [5.74, 6) is 0.702. The third kappa shape index (κ3) is 4.23. The van der Waals surface area contributed by atoms with Crippen LogP contribution in [0.5, 0.6) is 11.5 Å². The molecule has 0 aromatic heterocycles. The Morgan fingerprint density at radius 3 is 2.62 bits per heavy atom. The van der Waals surface area contributed by atoms with E-state index in [9.17, 15) is 14.4 Å². The van der Waals surface area contributed by atoms with Crippen molar-refractivity contribution in [1.29, 1.82) is 0 Å². The molecule has 0 spiro atoms. The molecule has 2 aliphatic heterocycles. The van der Waals surface area contributed by atoms with Gasteiger partial charge >= 0.3 is 6.09 Å². The molecule has 1 aromatic rings. The molecule has 0 saturated carbocycles. The number of carbonyl (C=O) groups excluding carboxylic acids is 3. The molecule has 1 saturated heterocycles. The van der Waals surface area contributed by atoms with Crippen LogP contribution in [0.4, 0.5) is 4.79 Å². The number of methoxy groups -OCH3 is 1. The summed E-state index contributed by atoms with van der Waals surface area (Å²) in [4.78, 5) is 38.1. The maximum atomic E-state index is 12.6. The van der Waals surface area contributed by atoms with Gasteiger partial charge in [0.15, 0.2) is 18.0 Å². The van der Waals surface area contributed by atoms with Crippen molar-refractivity contribution in [3.8, 4) is 11.5 Å². The standard InChI is InChI=1S/C17H21N3O6/c1-24-17(23)18-15(21)10-19-6-8-20(9-7-19)16(22)14-11-25-12-4-2-3-5-13(12)26-14/h2-5,14H,6-11H2,1H3,(H,18,21,23)/p+1/t14-/m1/s1. The van der Waals surface area contributed by atoms with Crippen LogP contribution in [0.25, 0.3) is 0 Å². The zero-order valence-electron chi connectivity index (χ0n) is 14.5. The lowest BCUT2D eigenvalue weighted by molar-refractivity contribution is -0.896. The zero-order valence-corrected chi connectivity index (χ0v) is 14.5. The number of fused-ring (bicyclic) bond motifs is 1. The van der Waals surface area contributed by atoms with Crippen LogP contribution in [-0.2, 0) is 14.3 Å². The molecule has 26 heavy (non-hydrogen) atoms. The van der Waals surface area contributed by atoms with Crippen molar-refractivity contribution in [2.24, 2.45) is 0 Å². The molecule has 2 heterocycles. The van der Waals surface area contributed by atoms with Crippen LogP contribution in [0.15, 0.2) is 24.3 Å². The second-order valence-corrected chi connectivity index (χ2v) is 6.16. The van der Waals surface area contributed by atoms with Crippen LogP contribution in [-0.4, -0.2) is 75.4 Å². The lowest BCUT2D eigenvalue weighted by Gasteiger charge is -2.35. The predicted molar refractivity (Wildman–Crippen MR) is 89.0 cm³/mol. The first-order valence-corrected chi connectivity index (χ1v) is 8.45. The summed E-state index contributed by atoms with van der Waals surface area (Å²) in [7, 11) is 1.20. The number of nitrogens with zero attached hydrogens (tertiary/aromatic N) is 1. The Bertz CT molecular complexity index is 687. The second-order valence-electron chi connectivity index (χ2n) is 6.16. The Morgan fingerprint density at radius 2 is 1.92 bits per heavy atom. The number of rotatable bonds is 3. The number of hydrogen-bond donors (Lipinski definition) is 2. The van der Waals surface area contributed by atoms with Crippen LogP contribution < -0.4 is 19.7 Å². The first-order valence-electron chi connectivity index (χ1n) is 8.45. The number of para-hydroxylation sites is 2. The first-order chi connectivity index (χ1) is 12.6. The van der Waals surface area contributed by atoms with Gasteiger partial charge in [-0.3, -0.25) is 14.9 Å². The Balaban J connectivity index is 1.47. The molecule has 2 N–H and O–H groups in total. The smallest absolute Gasteiger partial charge is 0.413 e. The molecule has 0 unspecified atom stereocenters. The van der Waals surface area contributed by atoms with Gasteiger partial charge < -0.3 is 24.0 Å². The third-order valence-corrected chi connectivity index (χ3v) is 4.40. The molecule has 9 heteroatoms. The van der Waals surface area contributed by atoms with Gasteiger partial charge in [0.1, 0.15) is 6.61 Å². The van der Waals surface area contributed by atoms with E-state index in [2.05, 4.69) is 10.1 Å². The monoisotopic (exact) mass is 364 g/mol. The van der Waals surface area contributed by atoms with Crippen LogP contribution in [0, 0.1) is 0 Å². The SMILES string of the molecule is COC(=O)NC(=O)C[NH+]1CCN(C(=O)[C@H]2COc3ccccc3O2)CC1. The normalized spacial score (nSPS) is 19.6. The molecule has 140 valence electrons. The number of hydrogen-bond acceptors (Lipinski definition) is 6. The van der Waals surface area contributed by atoms with Gasteiger partial charge in [0, 0.05) is 0 Å². The molecule has 0 radical (unpaired) electrons. The Morgan fingerprint density at radius 1 is 1.23 bits per heavy atom. The van der Waals surface area contributed by atoms with Gasteiger partial charge in [-0.25, -0.2) is 4.79 Å². The number of ether oxygens (including phenoxy) is 3. The van der Waals surface area contributed by atoms with E-state index in [-0.39, 0.29) is 19.1 Å². The van der Waals surface area contributed by atoms with Crippen LogP contribution >= 0.6 is 0 Å². The summed E-state index contributed by atoms with van der Waals surface area (Å²) in [6.45, 7) is 2.61. The molecular formula is C17H22N3O6+. The largest absolute Gasteiger partial charge is 0.485 e. The van der Waals surface area contributed by atoms with E-state index in [4.69, 9.17) is 9.47 Å². The number of benzene rings is 1. The second kappa shape index (κ2) is 8.05. The van der Waals surface area contributed by atoms with E-state index in [1.807, 2.05) is 12.1 Å². The fourth-order valence-corrected chi connectivity index (χ4v) is 3.00. The van der Waals surface area contributed by atoms with Gasteiger partial charge in [-0.05, 0) is 12.1 Å². The fourth-order valence-electron chi connectivity index (χ4n) is 3.00. The van der Waals surface area contributed by atoms with Crippen molar-refractivity contribution in [2.45, 2.75) is 6.10 Å². The number of carbonyl (C=O) groups is 3. The molecule has 3 amide bonds. The van der Waals surface area contributed by atoms with Crippen LogP contribution in [0.1, 0.15) is 0 Å². The number of quaternary nitrogens is 1. The minimum atomic E-state index is -0.766. The Hall–Kier alpha value is -2.81. The van der Waals surface area contributed by atoms with E-state index < -0.39 is 18.1 Å². The van der Waals surface area contributed by atoms with E-state index in [1.165, 1.54) is 7.11 Å². The van der Waals surface area contributed by atoms with Gasteiger partial charge in [-0.2, -0.15) is 0 Å². The van der Waals surface area contributed by atoms with Crippen molar-refractivity contribution in [2.75, 3.05) is 46.4 Å². The lowest BCUT2D eigenvalue weighted by Crippen LogP contribution is -3.16. The van der Waals surface area contributed by atoms with Crippen molar-refractivity contribution < 1.29 is 33.5 Å². The summed E-state index contributed by atoms with van der Waals surface area (Å²) >= 11 is 0. The fraction of sp³-hybridized carbons (Fsp3) is 0.471. The summed E-state index contributed by atoms with van der Waals surface area (Å²) in [6.07, 6.45) is -1.42. The molecule has 0 aliphatic carbocycles. The number of piperazine rings is 1. The lowest BCUT2D eigenvalue weighted by atomic mass is 10.2. The highest BCUT2D eigenvalue weighted by molar-refractivity contribution is 5.92. The van der Waals surface area contributed by atoms with E-state index in [0.717, 1.165) is 4.90 Å². The van der Waals surface area contributed by atoms with Gasteiger partial charge in [-0.1, -0.05) is 12.1 Å². The predicted octanol–water partition coefficient (Wildman–Crippen LogP) is -1.56. The summed E-state index contributed by atoms with van der Waals surface area (Å²) in [5.41, 5.74) is 0.